The molecule has 0 saturated carbocycles. The van der Waals surface area contributed by atoms with E-state index >= 15 is 0 Å². The van der Waals surface area contributed by atoms with Gasteiger partial charge in [0.05, 0.1) is 13.7 Å². The normalized spacial score (nSPS) is 12.6. The van der Waals surface area contributed by atoms with Gasteiger partial charge in [0, 0.05) is 0 Å². The average Bonchev–Trinajstić information content (AvgIpc) is 2.15. The molecular weight excluding hydrogens is 178 g/mol. The first kappa shape index (κ1) is 11.0. The topological polar surface area (TPSA) is 44.5 Å². The molecule has 1 rings (SSSR count). The molecule has 1 aromatic rings. The zero-order chi connectivity index (χ0) is 10.6. The van der Waals surface area contributed by atoms with Crippen LogP contribution in [0.3, 0.4) is 0 Å². The van der Waals surface area contributed by atoms with Gasteiger partial charge >= 0.3 is 0 Å². The maximum atomic E-state index is 5.50. The Morgan fingerprint density at radius 2 is 2.14 bits per heavy atom. The Labute approximate surface area is 84.8 Å². The quantitative estimate of drug-likeness (QED) is 0.745. The van der Waals surface area contributed by atoms with Crippen LogP contribution in [0.2, 0.25) is 0 Å². The fourth-order valence-corrected chi connectivity index (χ4v) is 1.18. The van der Waals surface area contributed by atoms with E-state index in [-0.39, 0.29) is 6.23 Å². The third-order valence-electron chi connectivity index (χ3n) is 2.05. The predicted octanol–water partition coefficient (Wildman–Crippen LogP) is 1.82. The first-order valence-corrected chi connectivity index (χ1v) is 4.64. The van der Waals surface area contributed by atoms with Crippen molar-refractivity contribution in [2.75, 3.05) is 7.11 Å². The van der Waals surface area contributed by atoms with Gasteiger partial charge in [0.2, 0.25) is 0 Å². The van der Waals surface area contributed by atoms with Crippen molar-refractivity contribution in [1.82, 2.24) is 0 Å². The molecule has 0 radical (unpaired) electrons. The molecule has 2 N–H and O–H groups in total. The van der Waals surface area contributed by atoms with E-state index in [9.17, 15) is 0 Å². The van der Waals surface area contributed by atoms with Crippen LogP contribution in [0.25, 0.3) is 0 Å². The lowest BCUT2D eigenvalue weighted by Gasteiger charge is -2.10. The molecule has 1 unspecified atom stereocenters. The Morgan fingerprint density at radius 3 is 2.64 bits per heavy atom. The zero-order valence-corrected chi connectivity index (χ0v) is 8.91. The van der Waals surface area contributed by atoms with Gasteiger partial charge in [-0.15, -0.1) is 0 Å². The zero-order valence-electron chi connectivity index (χ0n) is 8.91. The molecule has 0 saturated heterocycles. The third kappa shape index (κ3) is 3.01. The maximum absolute atomic E-state index is 5.50. The van der Waals surface area contributed by atoms with E-state index in [0.29, 0.717) is 6.61 Å². The summed E-state index contributed by atoms with van der Waals surface area (Å²) in [6, 6.07) is 5.91. The summed E-state index contributed by atoms with van der Waals surface area (Å²) in [5.41, 5.74) is 7.80. The summed E-state index contributed by atoms with van der Waals surface area (Å²) >= 11 is 0. The van der Waals surface area contributed by atoms with Crippen molar-refractivity contribution < 1.29 is 9.47 Å². The molecule has 14 heavy (non-hydrogen) atoms. The number of aryl methyl sites for hydroxylation is 1. The molecule has 3 heteroatoms. The maximum Gasteiger partial charge on any atom is 0.119 e. The fourth-order valence-electron chi connectivity index (χ4n) is 1.18. The lowest BCUT2D eigenvalue weighted by atomic mass is 10.1. The fraction of sp³-hybridized carbons (Fsp3) is 0.455. The third-order valence-corrected chi connectivity index (χ3v) is 2.05. The molecule has 3 nitrogen and oxygen atoms in total. The molecule has 0 spiro atoms. The minimum absolute atomic E-state index is 0.225. The van der Waals surface area contributed by atoms with Gasteiger partial charge in [0.15, 0.2) is 0 Å². The van der Waals surface area contributed by atoms with Gasteiger partial charge in [-0.1, -0.05) is 6.07 Å². The van der Waals surface area contributed by atoms with E-state index < -0.39 is 0 Å². The minimum Gasteiger partial charge on any atom is -0.497 e. The molecule has 0 heterocycles. The predicted molar refractivity (Wildman–Crippen MR) is 56.2 cm³/mol. The Kier molecular flexibility index (Phi) is 3.92. The highest BCUT2D eigenvalue weighted by atomic mass is 16.5. The van der Waals surface area contributed by atoms with E-state index in [1.165, 1.54) is 0 Å². The van der Waals surface area contributed by atoms with Crippen LogP contribution in [0.5, 0.6) is 5.75 Å². The lowest BCUT2D eigenvalue weighted by Crippen LogP contribution is -2.18. The molecule has 1 atom stereocenters. The second-order valence-electron chi connectivity index (χ2n) is 3.31. The molecule has 0 fully saturated rings. The summed E-state index contributed by atoms with van der Waals surface area (Å²) in [5.74, 6) is 0.868. The molecule has 0 aromatic heterocycles. The first-order chi connectivity index (χ1) is 6.63. The molecule has 0 aliphatic rings. The van der Waals surface area contributed by atoms with Crippen molar-refractivity contribution in [2.24, 2.45) is 5.73 Å². The van der Waals surface area contributed by atoms with E-state index in [4.69, 9.17) is 15.2 Å². The Balaban J connectivity index is 2.69. The highest BCUT2D eigenvalue weighted by molar-refractivity contribution is 5.34. The number of ether oxygens (including phenoxy) is 2. The van der Waals surface area contributed by atoms with Gasteiger partial charge < -0.3 is 15.2 Å². The Hall–Kier alpha value is -1.06. The summed E-state index contributed by atoms with van der Waals surface area (Å²) in [5, 5.41) is 0. The largest absolute Gasteiger partial charge is 0.497 e. The number of hydrogen-bond donors (Lipinski definition) is 1. The van der Waals surface area contributed by atoms with E-state index in [1.54, 1.807) is 7.11 Å². The van der Waals surface area contributed by atoms with Crippen LogP contribution in [-0.2, 0) is 11.3 Å². The number of rotatable bonds is 4. The van der Waals surface area contributed by atoms with Crippen LogP contribution < -0.4 is 10.5 Å². The molecule has 78 valence electrons. The first-order valence-electron chi connectivity index (χ1n) is 4.64. The van der Waals surface area contributed by atoms with Crippen LogP contribution in [0.4, 0.5) is 0 Å². The van der Waals surface area contributed by atoms with Crippen molar-refractivity contribution in [2.45, 2.75) is 26.7 Å². The molecule has 0 amide bonds. The number of benzene rings is 1. The number of methoxy groups -OCH3 is 1. The summed E-state index contributed by atoms with van der Waals surface area (Å²) in [7, 11) is 1.66. The average molecular weight is 195 g/mol. The smallest absolute Gasteiger partial charge is 0.119 e. The van der Waals surface area contributed by atoms with Gasteiger partial charge in [0.1, 0.15) is 12.0 Å². The van der Waals surface area contributed by atoms with Crippen molar-refractivity contribution >= 4 is 0 Å². The van der Waals surface area contributed by atoms with E-state index in [2.05, 4.69) is 0 Å². The molecule has 0 aliphatic heterocycles. The molecule has 0 aliphatic carbocycles. The highest BCUT2D eigenvalue weighted by Crippen LogP contribution is 2.17. The Morgan fingerprint density at radius 1 is 1.43 bits per heavy atom. The van der Waals surface area contributed by atoms with Crippen LogP contribution in [0.15, 0.2) is 18.2 Å². The van der Waals surface area contributed by atoms with Crippen molar-refractivity contribution in [3.63, 3.8) is 0 Å². The van der Waals surface area contributed by atoms with Crippen LogP contribution in [-0.4, -0.2) is 13.3 Å². The molecule has 0 bridgehead atoms. The van der Waals surface area contributed by atoms with E-state index in [0.717, 1.165) is 16.9 Å². The van der Waals surface area contributed by atoms with Crippen molar-refractivity contribution in [3.8, 4) is 5.75 Å². The van der Waals surface area contributed by atoms with Gasteiger partial charge in [-0.05, 0) is 37.1 Å². The number of nitrogens with two attached hydrogens (primary N) is 1. The monoisotopic (exact) mass is 195 g/mol. The second kappa shape index (κ2) is 4.98. The molecule has 1 aromatic carbocycles. The summed E-state index contributed by atoms with van der Waals surface area (Å²) in [6.07, 6.45) is -0.225. The van der Waals surface area contributed by atoms with Crippen LogP contribution >= 0.6 is 0 Å². The van der Waals surface area contributed by atoms with Gasteiger partial charge in [-0.2, -0.15) is 0 Å². The van der Waals surface area contributed by atoms with Crippen molar-refractivity contribution in [3.05, 3.63) is 29.3 Å². The summed E-state index contributed by atoms with van der Waals surface area (Å²) in [6.45, 7) is 4.40. The Bertz CT molecular complexity index is 297. The highest BCUT2D eigenvalue weighted by Gasteiger charge is 2.01. The van der Waals surface area contributed by atoms with Gasteiger partial charge in [0.25, 0.3) is 0 Å². The summed E-state index contributed by atoms with van der Waals surface area (Å²) in [4.78, 5) is 0. The minimum atomic E-state index is -0.225. The summed E-state index contributed by atoms with van der Waals surface area (Å²) < 4.78 is 10.4. The van der Waals surface area contributed by atoms with Crippen molar-refractivity contribution in [1.29, 1.82) is 0 Å². The molecular formula is C11H17NO2. The van der Waals surface area contributed by atoms with Gasteiger partial charge in [-0.25, -0.2) is 0 Å². The second-order valence-corrected chi connectivity index (χ2v) is 3.31. The SMILES string of the molecule is COc1ccc(COC(C)N)c(C)c1. The van der Waals surface area contributed by atoms with Crippen LogP contribution in [0.1, 0.15) is 18.1 Å². The lowest BCUT2D eigenvalue weighted by molar-refractivity contribution is 0.0573. The van der Waals surface area contributed by atoms with Gasteiger partial charge in [-0.3, -0.25) is 0 Å². The van der Waals surface area contributed by atoms with Crippen LogP contribution in [0, 0.1) is 6.92 Å². The van der Waals surface area contributed by atoms with E-state index in [1.807, 2.05) is 32.0 Å². The number of hydrogen-bond acceptors (Lipinski definition) is 3. The standard InChI is InChI=1S/C11H17NO2/c1-8-6-11(13-3)5-4-10(8)7-14-9(2)12/h4-6,9H,7,12H2,1-3H3.